The molecule has 1 heterocycles. The Bertz CT molecular complexity index is 610. The van der Waals surface area contributed by atoms with Gasteiger partial charge in [-0.05, 0) is 44.0 Å². The molecule has 1 aromatic carbocycles. The molecule has 6 nitrogen and oxygen atoms in total. The summed E-state index contributed by atoms with van der Waals surface area (Å²) >= 11 is 0. The number of amides is 2. The second kappa shape index (κ2) is 7.93. The van der Waals surface area contributed by atoms with Crippen LogP contribution >= 0.6 is 0 Å². The van der Waals surface area contributed by atoms with Crippen LogP contribution in [0.25, 0.3) is 0 Å². The van der Waals surface area contributed by atoms with Crippen LogP contribution in [0, 0.1) is 5.82 Å². The van der Waals surface area contributed by atoms with Crippen LogP contribution in [-0.2, 0) is 9.59 Å². The van der Waals surface area contributed by atoms with Gasteiger partial charge in [-0.15, -0.1) is 0 Å². The molecule has 1 saturated heterocycles. The molecule has 2 fully saturated rings. The maximum absolute atomic E-state index is 12.9. The maximum atomic E-state index is 12.9. The zero-order chi connectivity index (χ0) is 17.8. The van der Waals surface area contributed by atoms with Gasteiger partial charge in [-0.2, -0.15) is 0 Å². The van der Waals surface area contributed by atoms with E-state index < -0.39 is 0 Å². The second-order valence-corrected chi connectivity index (χ2v) is 6.83. The van der Waals surface area contributed by atoms with Gasteiger partial charge < -0.3 is 10.6 Å². The molecule has 7 heteroatoms. The van der Waals surface area contributed by atoms with E-state index >= 15 is 0 Å². The Labute approximate surface area is 147 Å². The first-order chi connectivity index (χ1) is 12.0. The molecule has 25 heavy (non-hydrogen) atoms. The van der Waals surface area contributed by atoms with Crippen molar-refractivity contribution in [2.45, 2.75) is 31.8 Å². The summed E-state index contributed by atoms with van der Waals surface area (Å²) in [6.45, 7) is 5.27. The largest absolute Gasteiger partial charge is 0.352 e. The van der Waals surface area contributed by atoms with Crippen molar-refractivity contribution in [2.24, 2.45) is 0 Å². The van der Waals surface area contributed by atoms with Gasteiger partial charge in [-0.3, -0.25) is 19.4 Å². The second-order valence-electron chi connectivity index (χ2n) is 6.83. The van der Waals surface area contributed by atoms with E-state index in [9.17, 15) is 14.0 Å². The van der Waals surface area contributed by atoms with Crippen LogP contribution in [0.5, 0.6) is 0 Å². The van der Waals surface area contributed by atoms with Crippen molar-refractivity contribution < 1.29 is 14.0 Å². The Hall–Kier alpha value is -1.99. The third-order valence-electron chi connectivity index (χ3n) is 4.75. The molecule has 1 aromatic rings. The minimum absolute atomic E-state index is 0.102. The number of hydrogen-bond donors (Lipinski definition) is 2. The van der Waals surface area contributed by atoms with Gasteiger partial charge in [0.15, 0.2) is 0 Å². The molecular formula is C18H25FN4O2. The number of rotatable bonds is 6. The molecular weight excluding hydrogens is 323 g/mol. The summed E-state index contributed by atoms with van der Waals surface area (Å²) in [7, 11) is 0. The standard InChI is InChI=1S/C18H25FN4O2/c1-13(18(25)21-16-6-7-16)23-10-8-22(9-11-23)12-17(24)20-15-4-2-14(19)3-5-15/h2-5,13,16H,6-12H2,1H3,(H,20,24)(H,21,25). The number of nitrogens with zero attached hydrogens (tertiary/aromatic N) is 2. The van der Waals surface area contributed by atoms with Gasteiger partial charge in [0.05, 0.1) is 12.6 Å². The minimum Gasteiger partial charge on any atom is -0.352 e. The average Bonchev–Trinajstić information content (AvgIpc) is 3.41. The fourth-order valence-corrected chi connectivity index (χ4v) is 2.96. The summed E-state index contributed by atoms with van der Waals surface area (Å²) in [6.07, 6.45) is 2.19. The van der Waals surface area contributed by atoms with Crippen molar-refractivity contribution in [3.8, 4) is 0 Å². The normalized spacial score (nSPS) is 20.1. The lowest BCUT2D eigenvalue weighted by Crippen LogP contribution is -2.55. The highest BCUT2D eigenvalue weighted by molar-refractivity contribution is 5.92. The van der Waals surface area contributed by atoms with Gasteiger partial charge in [0.1, 0.15) is 5.82 Å². The third kappa shape index (κ3) is 5.24. The minimum atomic E-state index is -0.325. The van der Waals surface area contributed by atoms with Crippen LogP contribution in [0.4, 0.5) is 10.1 Å². The summed E-state index contributed by atoms with van der Waals surface area (Å²) in [4.78, 5) is 28.4. The fraction of sp³-hybridized carbons (Fsp3) is 0.556. The summed E-state index contributed by atoms with van der Waals surface area (Å²) in [5.41, 5.74) is 0.593. The molecule has 1 unspecified atom stereocenters. The molecule has 3 rings (SSSR count). The van der Waals surface area contributed by atoms with Crippen molar-refractivity contribution in [2.75, 3.05) is 38.0 Å². The number of carbonyl (C=O) groups excluding carboxylic acids is 2. The quantitative estimate of drug-likeness (QED) is 0.807. The van der Waals surface area contributed by atoms with Crippen LogP contribution in [0.15, 0.2) is 24.3 Å². The lowest BCUT2D eigenvalue weighted by molar-refractivity contribution is -0.127. The zero-order valence-corrected chi connectivity index (χ0v) is 14.5. The summed E-state index contributed by atoms with van der Waals surface area (Å²) in [5, 5.41) is 5.81. The highest BCUT2D eigenvalue weighted by Crippen LogP contribution is 2.19. The van der Waals surface area contributed by atoms with E-state index in [0.717, 1.165) is 39.0 Å². The molecule has 0 radical (unpaired) electrons. The van der Waals surface area contributed by atoms with Crippen molar-refractivity contribution in [3.63, 3.8) is 0 Å². The highest BCUT2D eigenvalue weighted by Gasteiger charge is 2.30. The van der Waals surface area contributed by atoms with Crippen molar-refractivity contribution in [1.29, 1.82) is 0 Å². The summed E-state index contributed by atoms with van der Waals surface area (Å²) < 4.78 is 12.9. The third-order valence-corrected chi connectivity index (χ3v) is 4.75. The van der Waals surface area contributed by atoms with E-state index in [1.54, 1.807) is 12.1 Å². The average molecular weight is 348 g/mol. The first-order valence-corrected chi connectivity index (χ1v) is 8.83. The van der Waals surface area contributed by atoms with Crippen molar-refractivity contribution in [3.05, 3.63) is 30.1 Å². The molecule has 1 aliphatic heterocycles. The lowest BCUT2D eigenvalue weighted by atomic mass is 10.2. The number of carbonyl (C=O) groups is 2. The van der Waals surface area contributed by atoms with Gasteiger partial charge in [0.25, 0.3) is 0 Å². The maximum Gasteiger partial charge on any atom is 0.238 e. The molecule has 2 amide bonds. The van der Waals surface area contributed by atoms with Crippen LogP contribution < -0.4 is 10.6 Å². The van der Waals surface area contributed by atoms with Crippen molar-refractivity contribution >= 4 is 17.5 Å². The number of benzene rings is 1. The van der Waals surface area contributed by atoms with E-state index in [4.69, 9.17) is 0 Å². The zero-order valence-electron chi connectivity index (χ0n) is 14.5. The predicted octanol–water partition coefficient (Wildman–Crippen LogP) is 1.05. The van der Waals surface area contributed by atoms with Gasteiger partial charge >= 0.3 is 0 Å². The molecule has 1 saturated carbocycles. The molecule has 2 aliphatic rings. The predicted molar refractivity (Wildman–Crippen MR) is 93.7 cm³/mol. The van der Waals surface area contributed by atoms with Gasteiger partial charge in [-0.25, -0.2) is 4.39 Å². The Morgan fingerprint density at radius 3 is 2.40 bits per heavy atom. The summed E-state index contributed by atoms with van der Waals surface area (Å²) in [5.74, 6) is -0.335. The number of anilines is 1. The Balaban J connectivity index is 1.40. The SMILES string of the molecule is CC(C(=O)NC1CC1)N1CCN(CC(=O)Nc2ccc(F)cc2)CC1. The van der Waals surface area contributed by atoms with Crippen LogP contribution in [0.2, 0.25) is 0 Å². The number of piperazine rings is 1. The molecule has 136 valence electrons. The molecule has 1 aliphatic carbocycles. The number of halogens is 1. The monoisotopic (exact) mass is 348 g/mol. The van der Waals surface area contributed by atoms with Crippen molar-refractivity contribution in [1.82, 2.24) is 15.1 Å². The molecule has 0 aromatic heterocycles. The fourth-order valence-electron chi connectivity index (χ4n) is 2.96. The van der Waals surface area contributed by atoms with Gasteiger partial charge in [0, 0.05) is 37.9 Å². The van der Waals surface area contributed by atoms with Crippen LogP contribution in [-0.4, -0.2) is 66.4 Å². The molecule has 1 atom stereocenters. The number of hydrogen-bond acceptors (Lipinski definition) is 4. The Morgan fingerprint density at radius 1 is 1.16 bits per heavy atom. The summed E-state index contributed by atoms with van der Waals surface area (Å²) in [6, 6.07) is 5.99. The van der Waals surface area contributed by atoms with E-state index in [1.165, 1.54) is 12.1 Å². The van der Waals surface area contributed by atoms with E-state index in [0.29, 0.717) is 18.3 Å². The highest BCUT2D eigenvalue weighted by atomic mass is 19.1. The lowest BCUT2D eigenvalue weighted by Gasteiger charge is -2.37. The Kier molecular flexibility index (Phi) is 5.65. The van der Waals surface area contributed by atoms with E-state index in [2.05, 4.69) is 20.4 Å². The van der Waals surface area contributed by atoms with E-state index in [-0.39, 0.29) is 23.7 Å². The Morgan fingerprint density at radius 2 is 1.80 bits per heavy atom. The molecule has 2 N–H and O–H groups in total. The van der Waals surface area contributed by atoms with Crippen LogP contribution in [0.3, 0.4) is 0 Å². The first kappa shape index (κ1) is 17.8. The van der Waals surface area contributed by atoms with Gasteiger partial charge in [0.2, 0.25) is 11.8 Å². The van der Waals surface area contributed by atoms with Gasteiger partial charge in [-0.1, -0.05) is 0 Å². The first-order valence-electron chi connectivity index (χ1n) is 8.83. The molecule has 0 spiro atoms. The van der Waals surface area contributed by atoms with E-state index in [1.807, 2.05) is 6.92 Å². The smallest absolute Gasteiger partial charge is 0.238 e. The van der Waals surface area contributed by atoms with Crippen LogP contribution in [0.1, 0.15) is 19.8 Å². The molecule has 0 bridgehead atoms. The number of nitrogens with one attached hydrogen (secondary N) is 2. The topological polar surface area (TPSA) is 64.7 Å².